The van der Waals surface area contributed by atoms with Gasteiger partial charge in [0.05, 0.1) is 10.9 Å². The Kier molecular flexibility index (Phi) is 2.73. The van der Waals surface area contributed by atoms with Gasteiger partial charge in [-0.15, -0.1) is 0 Å². The fourth-order valence-corrected chi connectivity index (χ4v) is 1.86. The highest BCUT2D eigenvalue weighted by molar-refractivity contribution is 9.10. The first kappa shape index (κ1) is 12.1. The van der Waals surface area contributed by atoms with Gasteiger partial charge in [0.25, 0.3) is 0 Å². The number of nitrogens with zero attached hydrogens (tertiary/aromatic N) is 1. The Bertz CT molecular complexity index is 595. The predicted molar refractivity (Wildman–Crippen MR) is 58.8 cm³/mol. The lowest BCUT2D eigenvalue weighted by molar-refractivity contribution is -0.140. The molecule has 90 valence electrons. The smallest absolute Gasteiger partial charge is 0.398 e. The average molecular weight is 309 g/mol. The number of benzene rings is 1. The van der Waals surface area contributed by atoms with E-state index in [9.17, 15) is 17.6 Å². The number of hydrogen-bond acceptors (Lipinski definition) is 2. The molecule has 7 heteroatoms. The zero-order chi connectivity index (χ0) is 12.8. The molecule has 2 rings (SSSR count). The first-order chi connectivity index (χ1) is 7.80. The van der Waals surface area contributed by atoms with Crippen LogP contribution in [0.1, 0.15) is 5.69 Å². The molecule has 0 radical (unpaired) electrons. The minimum Gasteiger partial charge on any atom is -0.398 e. The topological polar surface area (TPSA) is 38.9 Å². The van der Waals surface area contributed by atoms with E-state index >= 15 is 0 Å². The third kappa shape index (κ3) is 2.06. The maximum absolute atomic E-state index is 13.4. The van der Waals surface area contributed by atoms with E-state index in [2.05, 4.69) is 20.9 Å². The number of anilines is 1. The maximum Gasteiger partial charge on any atom is 0.433 e. The minimum atomic E-state index is -4.62. The van der Waals surface area contributed by atoms with Crippen LogP contribution in [-0.2, 0) is 6.18 Å². The maximum atomic E-state index is 13.4. The molecule has 1 aromatic heterocycles. The van der Waals surface area contributed by atoms with Gasteiger partial charge >= 0.3 is 6.18 Å². The molecule has 0 aliphatic rings. The largest absolute Gasteiger partial charge is 0.433 e. The highest BCUT2D eigenvalue weighted by Gasteiger charge is 2.33. The van der Waals surface area contributed by atoms with Gasteiger partial charge in [-0.1, -0.05) is 0 Å². The molecular formula is C10H5BrF4N2. The Morgan fingerprint density at radius 1 is 1.24 bits per heavy atom. The van der Waals surface area contributed by atoms with E-state index in [1.807, 2.05) is 0 Å². The van der Waals surface area contributed by atoms with Crippen LogP contribution >= 0.6 is 15.9 Å². The lowest BCUT2D eigenvalue weighted by Gasteiger charge is -2.10. The molecule has 0 amide bonds. The minimum absolute atomic E-state index is 0.118. The second kappa shape index (κ2) is 3.83. The van der Waals surface area contributed by atoms with Gasteiger partial charge in [0.15, 0.2) is 0 Å². The highest BCUT2D eigenvalue weighted by atomic mass is 79.9. The first-order valence-electron chi connectivity index (χ1n) is 4.42. The van der Waals surface area contributed by atoms with E-state index in [0.29, 0.717) is 6.07 Å². The number of hydrogen-bond donors (Lipinski definition) is 1. The average Bonchev–Trinajstić information content (AvgIpc) is 2.21. The number of rotatable bonds is 0. The van der Waals surface area contributed by atoms with Gasteiger partial charge in [-0.25, -0.2) is 9.37 Å². The van der Waals surface area contributed by atoms with Crippen LogP contribution in [0.25, 0.3) is 10.9 Å². The number of nitrogen functional groups attached to an aromatic ring is 1. The van der Waals surface area contributed by atoms with Crippen LogP contribution in [0.3, 0.4) is 0 Å². The summed E-state index contributed by atoms with van der Waals surface area (Å²) in [5, 5.41) is -0.118. The zero-order valence-electron chi connectivity index (χ0n) is 8.15. The number of alkyl halides is 3. The fraction of sp³-hybridized carbons (Fsp3) is 0.100. The van der Waals surface area contributed by atoms with E-state index in [4.69, 9.17) is 5.73 Å². The van der Waals surface area contributed by atoms with Crippen LogP contribution in [0.4, 0.5) is 23.2 Å². The summed E-state index contributed by atoms with van der Waals surface area (Å²) in [5.41, 5.74) is 3.85. The standard InChI is InChI=1S/C10H5BrF4N2/c11-4-1-2-5(12)8-6(16)3-7(10(13,14)15)17-9(4)8/h1-3H,(H2,16,17). The van der Waals surface area contributed by atoms with E-state index in [1.165, 1.54) is 6.07 Å². The van der Waals surface area contributed by atoms with Gasteiger partial charge in [0, 0.05) is 10.2 Å². The van der Waals surface area contributed by atoms with Crippen molar-refractivity contribution in [1.82, 2.24) is 4.98 Å². The van der Waals surface area contributed by atoms with Crippen molar-refractivity contribution in [3.8, 4) is 0 Å². The molecule has 1 heterocycles. The van der Waals surface area contributed by atoms with E-state index in [-0.39, 0.29) is 21.1 Å². The van der Waals surface area contributed by atoms with E-state index in [0.717, 1.165) is 6.07 Å². The molecule has 0 saturated heterocycles. The van der Waals surface area contributed by atoms with Crippen LogP contribution in [0, 0.1) is 5.82 Å². The Hall–Kier alpha value is -1.37. The number of halogens is 5. The summed E-state index contributed by atoms with van der Waals surface area (Å²) < 4.78 is 51.2. The molecule has 0 unspecified atom stereocenters. The second-order valence-corrected chi connectivity index (χ2v) is 4.20. The lowest BCUT2D eigenvalue weighted by atomic mass is 10.1. The van der Waals surface area contributed by atoms with Crippen molar-refractivity contribution in [2.75, 3.05) is 5.73 Å². The predicted octanol–water partition coefficient (Wildman–Crippen LogP) is 3.74. The van der Waals surface area contributed by atoms with Crippen molar-refractivity contribution in [2.24, 2.45) is 0 Å². The summed E-state index contributed by atoms with van der Waals surface area (Å²) in [6.07, 6.45) is -4.62. The molecule has 2 N–H and O–H groups in total. The van der Waals surface area contributed by atoms with Crippen LogP contribution < -0.4 is 5.73 Å². The molecule has 2 nitrogen and oxygen atoms in total. The number of nitrogens with two attached hydrogens (primary N) is 1. The molecule has 17 heavy (non-hydrogen) atoms. The van der Waals surface area contributed by atoms with Crippen molar-refractivity contribution in [2.45, 2.75) is 6.18 Å². The third-order valence-corrected chi connectivity index (χ3v) is 2.82. The van der Waals surface area contributed by atoms with Crippen LogP contribution in [-0.4, -0.2) is 4.98 Å². The van der Waals surface area contributed by atoms with Crippen molar-refractivity contribution in [3.05, 3.63) is 34.2 Å². The van der Waals surface area contributed by atoms with Gasteiger partial charge in [0.1, 0.15) is 11.5 Å². The van der Waals surface area contributed by atoms with Crippen molar-refractivity contribution >= 4 is 32.5 Å². The van der Waals surface area contributed by atoms with Gasteiger partial charge in [-0.3, -0.25) is 0 Å². The van der Waals surface area contributed by atoms with Crippen LogP contribution in [0.2, 0.25) is 0 Å². The van der Waals surface area contributed by atoms with Gasteiger partial charge in [-0.05, 0) is 34.1 Å². The SMILES string of the molecule is Nc1cc(C(F)(F)F)nc2c(Br)ccc(F)c12. The van der Waals surface area contributed by atoms with Crippen LogP contribution in [0.5, 0.6) is 0 Å². The second-order valence-electron chi connectivity index (χ2n) is 3.35. The van der Waals surface area contributed by atoms with Gasteiger partial charge < -0.3 is 5.73 Å². The summed E-state index contributed by atoms with van der Waals surface area (Å²) in [5.74, 6) is -0.707. The summed E-state index contributed by atoms with van der Waals surface area (Å²) in [6, 6.07) is 3.01. The highest BCUT2D eigenvalue weighted by Crippen LogP contribution is 2.35. The molecule has 2 aromatic rings. The van der Waals surface area contributed by atoms with Crippen molar-refractivity contribution in [1.29, 1.82) is 0 Å². The Morgan fingerprint density at radius 3 is 2.47 bits per heavy atom. The van der Waals surface area contributed by atoms with Crippen molar-refractivity contribution in [3.63, 3.8) is 0 Å². The summed E-state index contributed by atoms with van der Waals surface area (Å²) in [4.78, 5) is 3.38. The Morgan fingerprint density at radius 2 is 1.88 bits per heavy atom. The summed E-state index contributed by atoms with van der Waals surface area (Å²) in [7, 11) is 0. The number of aromatic nitrogens is 1. The molecule has 0 fully saturated rings. The first-order valence-corrected chi connectivity index (χ1v) is 5.21. The summed E-state index contributed by atoms with van der Waals surface area (Å²) in [6.45, 7) is 0. The molecule has 0 atom stereocenters. The summed E-state index contributed by atoms with van der Waals surface area (Å²) >= 11 is 3.01. The fourth-order valence-electron chi connectivity index (χ4n) is 1.44. The molecule has 1 aromatic carbocycles. The molecular weight excluding hydrogens is 304 g/mol. The molecule has 0 bridgehead atoms. The Labute approximate surface area is 102 Å². The van der Waals surface area contributed by atoms with Crippen LogP contribution in [0.15, 0.2) is 22.7 Å². The van der Waals surface area contributed by atoms with E-state index in [1.54, 1.807) is 0 Å². The zero-order valence-corrected chi connectivity index (χ0v) is 9.73. The molecule has 0 aliphatic heterocycles. The number of fused-ring (bicyclic) bond motifs is 1. The third-order valence-electron chi connectivity index (χ3n) is 2.18. The molecule has 0 aliphatic carbocycles. The van der Waals surface area contributed by atoms with Crippen molar-refractivity contribution < 1.29 is 17.6 Å². The monoisotopic (exact) mass is 308 g/mol. The Balaban J connectivity index is 2.87. The molecule has 0 spiro atoms. The lowest BCUT2D eigenvalue weighted by Crippen LogP contribution is -2.09. The number of pyridine rings is 1. The normalized spacial score (nSPS) is 12.1. The van der Waals surface area contributed by atoms with E-state index < -0.39 is 17.7 Å². The van der Waals surface area contributed by atoms with Gasteiger partial charge in [-0.2, -0.15) is 13.2 Å². The quantitative estimate of drug-likeness (QED) is 0.753. The van der Waals surface area contributed by atoms with Gasteiger partial charge in [0.2, 0.25) is 0 Å². The molecule has 0 saturated carbocycles.